The lowest BCUT2D eigenvalue weighted by atomic mass is 9.91. The van der Waals surface area contributed by atoms with Crippen molar-refractivity contribution in [3.05, 3.63) is 64.9 Å². The fourth-order valence-corrected chi connectivity index (χ4v) is 4.27. The van der Waals surface area contributed by atoms with Crippen molar-refractivity contribution in [1.82, 2.24) is 15.2 Å². The topological polar surface area (TPSA) is 80.8 Å². The lowest BCUT2D eigenvalue weighted by Gasteiger charge is -2.23. The van der Waals surface area contributed by atoms with Crippen molar-refractivity contribution in [1.29, 1.82) is 0 Å². The number of carbonyl (C=O) groups is 2. The summed E-state index contributed by atoms with van der Waals surface area (Å²) in [5.41, 5.74) is 0.678. The third-order valence-corrected chi connectivity index (χ3v) is 6.14. The lowest BCUT2D eigenvalue weighted by molar-refractivity contribution is -0.131. The first kappa shape index (κ1) is 20.8. The molecule has 1 fully saturated rings. The monoisotopic (exact) mass is 441 g/mol. The minimum atomic E-state index is -1.24. The van der Waals surface area contributed by atoms with E-state index in [0.717, 1.165) is 10.5 Å². The molecule has 9 heteroatoms. The first-order chi connectivity index (χ1) is 14.9. The Labute approximate surface area is 182 Å². The van der Waals surface area contributed by atoms with E-state index in [4.69, 9.17) is 9.47 Å². The summed E-state index contributed by atoms with van der Waals surface area (Å²) in [7, 11) is 3.03. The lowest BCUT2D eigenvalue weighted by Crippen LogP contribution is -2.40. The van der Waals surface area contributed by atoms with Crippen LogP contribution in [-0.2, 0) is 16.9 Å². The van der Waals surface area contributed by atoms with Gasteiger partial charge in [0, 0.05) is 10.9 Å². The number of thiazole rings is 1. The van der Waals surface area contributed by atoms with E-state index in [1.54, 1.807) is 42.6 Å². The number of urea groups is 1. The second-order valence-electron chi connectivity index (χ2n) is 7.17. The molecular weight excluding hydrogens is 421 g/mol. The maximum atomic E-state index is 13.2. The van der Waals surface area contributed by atoms with Crippen molar-refractivity contribution < 1.29 is 23.5 Å². The van der Waals surface area contributed by atoms with E-state index in [2.05, 4.69) is 10.3 Å². The van der Waals surface area contributed by atoms with Crippen LogP contribution in [0.2, 0.25) is 0 Å². The van der Waals surface area contributed by atoms with E-state index in [0.29, 0.717) is 27.8 Å². The minimum absolute atomic E-state index is 0.0330. The number of nitrogens with one attached hydrogen (secondary N) is 1. The van der Waals surface area contributed by atoms with Crippen LogP contribution < -0.4 is 14.8 Å². The van der Waals surface area contributed by atoms with Gasteiger partial charge < -0.3 is 14.8 Å². The summed E-state index contributed by atoms with van der Waals surface area (Å²) in [6.45, 7) is 1.69. The number of hydrogen-bond donors (Lipinski definition) is 1. The Balaban J connectivity index is 1.57. The van der Waals surface area contributed by atoms with Crippen molar-refractivity contribution in [3.8, 4) is 22.1 Å². The van der Waals surface area contributed by atoms with Crippen molar-refractivity contribution in [2.24, 2.45) is 0 Å². The molecule has 1 atom stereocenters. The number of carbonyl (C=O) groups excluding carboxylic acids is 2. The number of halogens is 1. The first-order valence-corrected chi connectivity index (χ1v) is 10.3. The second-order valence-corrected chi connectivity index (χ2v) is 8.03. The molecule has 1 unspecified atom stereocenters. The summed E-state index contributed by atoms with van der Waals surface area (Å²) in [4.78, 5) is 31.5. The Bertz CT molecular complexity index is 1150. The van der Waals surface area contributed by atoms with Crippen LogP contribution in [0.4, 0.5) is 9.18 Å². The smallest absolute Gasteiger partial charge is 0.325 e. The molecule has 1 aromatic heterocycles. The average Bonchev–Trinajstić information content (AvgIpc) is 3.33. The van der Waals surface area contributed by atoms with Gasteiger partial charge in [0.15, 0.2) is 11.5 Å². The molecule has 160 valence electrons. The molecule has 1 aliphatic heterocycles. The molecule has 0 aliphatic carbocycles. The molecule has 1 N–H and O–H groups in total. The summed E-state index contributed by atoms with van der Waals surface area (Å²) in [5.74, 6) is 0.278. The standard InChI is InChI=1S/C22H20FN3O4S/c1-22(14-6-9-17(29-2)18(10-14)30-3)20(27)26(21(28)25-22)11-16-12-31-19(24-16)13-4-7-15(23)8-5-13/h4-10,12H,11H2,1-3H3,(H,25,28). The highest BCUT2D eigenvalue weighted by atomic mass is 32.1. The maximum Gasteiger partial charge on any atom is 0.325 e. The number of aromatic nitrogens is 1. The van der Waals surface area contributed by atoms with Gasteiger partial charge in [0.25, 0.3) is 5.91 Å². The molecule has 0 spiro atoms. The van der Waals surface area contributed by atoms with E-state index >= 15 is 0 Å². The normalized spacial score (nSPS) is 18.3. The highest BCUT2D eigenvalue weighted by Crippen LogP contribution is 2.36. The number of nitrogens with zero attached hydrogens (tertiary/aromatic N) is 2. The zero-order valence-corrected chi connectivity index (χ0v) is 18.0. The number of methoxy groups -OCH3 is 2. The molecule has 2 heterocycles. The Kier molecular flexibility index (Phi) is 5.36. The van der Waals surface area contributed by atoms with Gasteiger partial charge in [-0.15, -0.1) is 11.3 Å². The molecule has 7 nitrogen and oxygen atoms in total. The summed E-state index contributed by atoms with van der Waals surface area (Å²) < 4.78 is 23.7. The third-order valence-electron chi connectivity index (χ3n) is 5.20. The molecule has 31 heavy (non-hydrogen) atoms. The second kappa shape index (κ2) is 7.99. The van der Waals surface area contributed by atoms with Gasteiger partial charge in [0.2, 0.25) is 0 Å². The summed E-state index contributed by atoms with van der Waals surface area (Å²) in [6.07, 6.45) is 0. The molecule has 3 aromatic rings. The number of hydrogen-bond acceptors (Lipinski definition) is 6. The van der Waals surface area contributed by atoms with Gasteiger partial charge in [0.05, 0.1) is 26.5 Å². The summed E-state index contributed by atoms with van der Waals surface area (Å²) in [6, 6.07) is 10.6. The molecule has 2 aromatic carbocycles. The quantitative estimate of drug-likeness (QED) is 0.586. The van der Waals surface area contributed by atoms with Gasteiger partial charge in [-0.2, -0.15) is 0 Å². The molecule has 0 bridgehead atoms. The Morgan fingerprint density at radius 2 is 1.81 bits per heavy atom. The van der Waals surface area contributed by atoms with Crippen molar-refractivity contribution >= 4 is 23.3 Å². The van der Waals surface area contributed by atoms with Crippen molar-refractivity contribution in [2.75, 3.05) is 14.2 Å². The highest BCUT2D eigenvalue weighted by Gasteiger charge is 2.49. The van der Waals surface area contributed by atoms with Crippen LogP contribution in [0.1, 0.15) is 18.2 Å². The molecule has 1 saturated heterocycles. The minimum Gasteiger partial charge on any atom is -0.493 e. The Morgan fingerprint density at radius 3 is 2.48 bits per heavy atom. The van der Waals surface area contributed by atoms with Gasteiger partial charge in [-0.05, 0) is 48.9 Å². The average molecular weight is 441 g/mol. The predicted molar refractivity (Wildman–Crippen MR) is 113 cm³/mol. The van der Waals surface area contributed by atoms with Gasteiger partial charge in [0.1, 0.15) is 16.4 Å². The van der Waals surface area contributed by atoms with Gasteiger partial charge in [-0.1, -0.05) is 6.07 Å². The zero-order chi connectivity index (χ0) is 22.2. The van der Waals surface area contributed by atoms with E-state index in [1.807, 2.05) is 0 Å². The number of benzene rings is 2. The molecule has 3 amide bonds. The number of imide groups is 1. The fourth-order valence-electron chi connectivity index (χ4n) is 3.45. The van der Waals surface area contributed by atoms with E-state index in [9.17, 15) is 14.0 Å². The fraction of sp³-hybridized carbons (Fsp3) is 0.227. The van der Waals surface area contributed by atoms with E-state index < -0.39 is 11.6 Å². The zero-order valence-electron chi connectivity index (χ0n) is 17.1. The third kappa shape index (κ3) is 3.72. The van der Waals surface area contributed by atoms with Crippen LogP contribution in [0, 0.1) is 5.82 Å². The van der Waals surface area contributed by atoms with Crippen LogP contribution in [-0.4, -0.2) is 36.0 Å². The highest BCUT2D eigenvalue weighted by molar-refractivity contribution is 7.13. The van der Waals surface area contributed by atoms with Crippen LogP contribution in [0.15, 0.2) is 47.8 Å². The predicted octanol–water partition coefficient (Wildman–Crippen LogP) is 3.93. The molecule has 1 aliphatic rings. The maximum absolute atomic E-state index is 13.2. The molecule has 4 rings (SSSR count). The van der Waals surface area contributed by atoms with Gasteiger partial charge in [-0.3, -0.25) is 9.69 Å². The van der Waals surface area contributed by atoms with Gasteiger partial charge in [-0.25, -0.2) is 14.2 Å². The molecular formula is C22H20FN3O4S. The van der Waals surface area contributed by atoms with E-state index in [1.165, 1.54) is 37.7 Å². The van der Waals surface area contributed by atoms with Crippen LogP contribution in [0.3, 0.4) is 0 Å². The summed E-state index contributed by atoms with van der Waals surface area (Å²) >= 11 is 1.37. The largest absolute Gasteiger partial charge is 0.493 e. The van der Waals surface area contributed by atoms with Crippen molar-refractivity contribution in [3.63, 3.8) is 0 Å². The van der Waals surface area contributed by atoms with E-state index in [-0.39, 0.29) is 18.3 Å². The Hall–Kier alpha value is -3.46. The summed E-state index contributed by atoms with van der Waals surface area (Å²) in [5, 5.41) is 5.24. The Morgan fingerprint density at radius 1 is 1.10 bits per heavy atom. The van der Waals surface area contributed by atoms with Crippen LogP contribution in [0.25, 0.3) is 10.6 Å². The van der Waals surface area contributed by atoms with Crippen LogP contribution in [0.5, 0.6) is 11.5 Å². The van der Waals surface area contributed by atoms with Crippen LogP contribution >= 0.6 is 11.3 Å². The SMILES string of the molecule is COc1ccc(C2(C)NC(=O)N(Cc3csc(-c4ccc(F)cc4)n3)C2=O)cc1OC. The van der Waals surface area contributed by atoms with Gasteiger partial charge >= 0.3 is 6.03 Å². The molecule has 0 saturated carbocycles. The number of rotatable bonds is 6. The number of ether oxygens (including phenoxy) is 2. The number of amides is 3. The first-order valence-electron chi connectivity index (χ1n) is 9.42. The van der Waals surface area contributed by atoms with Crippen molar-refractivity contribution in [2.45, 2.75) is 19.0 Å². The molecule has 0 radical (unpaired) electrons.